The number of anilines is 1. The van der Waals surface area contributed by atoms with Gasteiger partial charge in [-0.15, -0.1) is 0 Å². The summed E-state index contributed by atoms with van der Waals surface area (Å²) in [6.45, 7) is 0.779. The number of rotatable bonds is 3. The van der Waals surface area contributed by atoms with E-state index in [1.807, 2.05) is 54.6 Å². The monoisotopic (exact) mass is 430 g/mol. The predicted molar refractivity (Wildman–Crippen MR) is 117 cm³/mol. The maximum Gasteiger partial charge on any atom is 0.415 e. The highest BCUT2D eigenvalue weighted by Crippen LogP contribution is 2.34. The Morgan fingerprint density at radius 3 is 2.72 bits per heavy atom. The van der Waals surface area contributed by atoms with Crippen molar-refractivity contribution in [2.24, 2.45) is 0 Å². The van der Waals surface area contributed by atoms with Gasteiger partial charge in [0.1, 0.15) is 12.6 Å². The molecular formula is C24H22N4O4. The second-order valence-electron chi connectivity index (χ2n) is 7.93. The van der Waals surface area contributed by atoms with Crippen molar-refractivity contribution >= 4 is 17.7 Å². The van der Waals surface area contributed by atoms with Gasteiger partial charge in [0.05, 0.1) is 24.3 Å². The molecule has 0 radical (unpaired) electrons. The van der Waals surface area contributed by atoms with Crippen molar-refractivity contribution < 1.29 is 14.3 Å². The van der Waals surface area contributed by atoms with Crippen molar-refractivity contribution in [2.45, 2.75) is 32.0 Å². The van der Waals surface area contributed by atoms with E-state index in [4.69, 9.17) is 4.74 Å². The van der Waals surface area contributed by atoms with E-state index in [0.717, 1.165) is 11.1 Å². The Labute approximate surface area is 184 Å². The first kappa shape index (κ1) is 20.0. The first-order chi connectivity index (χ1) is 15.6. The fourth-order valence-electron chi connectivity index (χ4n) is 4.36. The maximum absolute atomic E-state index is 13.5. The first-order valence-electron chi connectivity index (χ1n) is 10.5. The number of hydrogen-bond acceptors (Lipinski definition) is 5. The standard InChI is InChI=1S/C24H22N4O4/c29-22-18-10-11-27(13-19(18)25-15-26-22)23(30)21-12-17-8-4-5-9-20(17)28(21)24(31)32-14-16-6-2-1-3-7-16/h1-9,15,21H,10-14H2,(H,25,26,29). The number of carbonyl (C=O) groups excluding carboxylic acids is 2. The van der Waals surface area contributed by atoms with Crippen molar-refractivity contribution in [3.05, 3.63) is 93.7 Å². The predicted octanol–water partition coefficient (Wildman–Crippen LogP) is 2.42. The largest absolute Gasteiger partial charge is 0.444 e. The van der Waals surface area contributed by atoms with Crippen LogP contribution in [0.25, 0.3) is 0 Å². The number of H-pyrrole nitrogens is 1. The molecule has 8 nitrogen and oxygen atoms in total. The number of fused-ring (bicyclic) bond motifs is 2. The second-order valence-corrected chi connectivity index (χ2v) is 7.93. The molecule has 1 atom stereocenters. The number of para-hydroxylation sites is 1. The molecule has 2 amide bonds. The summed E-state index contributed by atoms with van der Waals surface area (Å²) in [4.78, 5) is 48.6. The lowest BCUT2D eigenvalue weighted by Crippen LogP contribution is -2.51. The van der Waals surface area contributed by atoms with Crippen LogP contribution < -0.4 is 10.5 Å². The molecule has 3 aromatic rings. The number of aromatic amines is 1. The molecule has 32 heavy (non-hydrogen) atoms. The minimum atomic E-state index is -0.695. The van der Waals surface area contributed by atoms with Crippen LogP contribution in [0.2, 0.25) is 0 Å². The van der Waals surface area contributed by atoms with Gasteiger partial charge in [-0.25, -0.2) is 9.78 Å². The lowest BCUT2D eigenvalue weighted by atomic mass is 10.0. The fraction of sp³-hybridized carbons (Fsp3) is 0.250. The summed E-state index contributed by atoms with van der Waals surface area (Å²) in [5.41, 5.74) is 3.54. The Morgan fingerprint density at radius 1 is 1.09 bits per heavy atom. The number of carbonyl (C=O) groups is 2. The molecule has 0 spiro atoms. The van der Waals surface area contributed by atoms with Crippen LogP contribution in [0.3, 0.4) is 0 Å². The van der Waals surface area contributed by atoms with Crippen molar-refractivity contribution in [1.82, 2.24) is 14.9 Å². The molecule has 1 aromatic heterocycles. The molecule has 0 saturated carbocycles. The molecule has 162 valence electrons. The molecule has 2 aliphatic rings. The van der Waals surface area contributed by atoms with Gasteiger partial charge in [0, 0.05) is 18.5 Å². The highest BCUT2D eigenvalue weighted by atomic mass is 16.6. The van der Waals surface area contributed by atoms with Crippen LogP contribution in [-0.2, 0) is 35.5 Å². The molecule has 1 N–H and O–H groups in total. The third-order valence-corrected chi connectivity index (χ3v) is 5.99. The van der Waals surface area contributed by atoms with E-state index in [1.54, 1.807) is 4.90 Å². The van der Waals surface area contributed by atoms with Crippen molar-refractivity contribution in [1.29, 1.82) is 0 Å². The number of ether oxygens (including phenoxy) is 1. The average molecular weight is 430 g/mol. The summed E-state index contributed by atoms with van der Waals surface area (Å²) in [6, 6.07) is 16.2. The summed E-state index contributed by atoms with van der Waals surface area (Å²) in [5.74, 6) is -0.175. The van der Waals surface area contributed by atoms with Crippen LogP contribution in [0.5, 0.6) is 0 Å². The Morgan fingerprint density at radius 2 is 1.88 bits per heavy atom. The van der Waals surface area contributed by atoms with Crippen molar-refractivity contribution in [3.63, 3.8) is 0 Å². The number of nitrogens with zero attached hydrogens (tertiary/aromatic N) is 3. The molecule has 2 aromatic carbocycles. The van der Waals surface area contributed by atoms with Gasteiger partial charge in [-0.3, -0.25) is 14.5 Å². The van der Waals surface area contributed by atoms with Crippen molar-refractivity contribution in [2.75, 3.05) is 11.4 Å². The molecule has 3 heterocycles. The first-order valence-corrected chi connectivity index (χ1v) is 10.5. The molecule has 0 aliphatic carbocycles. The van der Waals surface area contributed by atoms with Gasteiger partial charge in [-0.2, -0.15) is 0 Å². The van der Waals surface area contributed by atoms with Gasteiger partial charge >= 0.3 is 6.09 Å². The molecule has 1 unspecified atom stereocenters. The third kappa shape index (κ3) is 3.64. The van der Waals surface area contributed by atoms with Gasteiger partial charge < -0.3 is 14.6 Å². The Balaban J connectivity index is 1.38. The summed E-state index contributed by atoms with van der Waals surface area (Å²) >= 11 is 0. The lowest BCUT2D eigenvalue weighted by molar-refractivity contribution is -0.133. The Kier molecular flexibility index (Phi) is 5.18. The van der Waals surface area contributed by atoms with Gasteiger partial charge in [-0.1, -0.05) is 48.5 Å². The smallest absolute Gasteiger partial charge is 0.415 e. The SMILES string of the molecule is O=C(C1Cc2ccccc2N1C(=O)OCc1ccccc1)N1CCc2c(nc[nH]c2=O)C1. The van der Waals surface area contributed by atoms with E-state index in [-0.39, 0.29) is 24.6 Å². The highest BCUT2D eigenvalue weighted by Gasteiger charge is 2.41. The molecule has 0 bridgehead atoms. The van der Waals surface area contributed by atoms with Crippen LogP contribution in [0, 0.1) is 0 Å². The third-order valence-electron chi connectivity index (χ3n) is 5.99. The zero-order valence-electron chi connectivity index (χ0n) is 17.4. The number of amides is 2. The van der Waals surface area contributed by atoms with E-state index < -0.39 is 12.1 Å². The quantitative estimate of drug-likeness (QED) is 0.689. The van der Waals surface area contributed by atoms with E-state index in [0.29, 0.717) is 36.3 Å². The summed E-state index contributed by atoms with van der Waals surface area (Å²) in [6.07, 6.45) is 1.65. The molecular weight excluding hydrogens is 408 g/mol. The normalized spacial score (nSPS) is 16.9. The number of hydrogen-bond donors (Lipinski definition) is 1. The summed E-state index contributed by atoms with van der Waals surface area (Å²) in [5, 5.41) is 0. The number of nitrogens with one attached hydrogen (secondary N) is 1. The maximum atomic E-state index is 13.5. The minimum absolute atomic E-state index is 0.128. The zero-order valence-corrected chi connectivity index (χ0v) is 17.4. The Bertz CT molecular complexity index is 1220. The van der Waals surface area contributed by atoms with Crippen molar-refractivity contribution in [3.8, 4) is 0 Å². The number of benzene rings is 2. The fourth-order valence-corrected chi connectivity index (χ4v) is 4.36. The van der Waals surface area contributed by atoms with E-state index in [9.17, 15) is 14.4 Å². The minimum Gasteiger partial charge on any atom is -0.444 e. The molecule has 2 aliphatic heterocycles. The van der Waals surface area contributed by atoms with E-state index in [2.05, 4.69) is 9.97 Å². The topological polar surface area (TPSA) is 95.6 Å². The molecule has 5 rings (SSSR count). The van der Waals surface area contributed by atoms with Crippen LogP contribution >= 0.6 is 0 Å². The average Bonchev–Trinajstić information content (AvgIpc) is 3.22. The van der Waals surface area contributed by atoms with E-state index >= 15 is 0 Å². The van der Waals surface area contributed by atoms with Crippen LogP contribution in [0.1, 0.15) is 22.4 Å². The van der Waals surface area contributed by atoms with Crippen LogP contribution in [0.4, 0.5) is 10.5 Å². The Hall–Kier alpha value is -3.94. The lowest BCUT2D eigenvalue weighted by Gasteiger charge is -2.32. The van der Waals surface area contributed by atoms with Gasteiger partial charge in [0.15, 0.2) is 0 Å². The zero-order chi connectivity index (χ0) is 22.1. The van der Waals surface area contributed by atoms with E-state index in [1.165, 1.54) is 11.2 Å². The summed E-state index contributed by atoms with van der Waals surface area (Å²) in [7, 11) is 0. The summed E-state index contributed by atoms with van der Waals surface area (Å²) < 4.78 is 5.57. The van der Waals surface area contributed by atoms with Crippen LogP contribution in [0.15, 0.2) is 65.7 Å². The highest BCUT2D eigenvalue weighted by molar-refractivity contribution is 6.00. The molecule has 8 heteroatoms. The molecule has 0 fully saturated rings. The van der Waals surface area contributed by atoms with Crippen LogP contribution in [-0.4, -0.2) is 39.5 Å². The molecule has 0 saturated heterocycles. The van der Waals surface area contributed by atoms with Gasteiger partial charge in [-0.05, 0) is 23.6 Å². The second kappa shape index (κ2) is 8.30. The van der Waals surface area contributed by atoms with Gasteiger partial charge in [0.25, 0.3) is 5.56 Å². The van der Waals surface area contributed by atoms with Gasteiger partial charge in [0.2, 0.25) is 5.91 Å². The number of aromatic nitrogens is 2.